The summed E-state index contributed by atoms with van der Waals surface area (Å²) in [6.07, 6.45) is 0. The molecular formula is C13H14N3O3S-. The number of rotatable bonds is 7. The third-order valence-corrected chi connectivity index (χ3v) is 3.48. The van der Waals surface area contributed by atoms with Crippen LogP contribution >= 0.6 is 11.8 Å². The van der Waals surface area contributed by atoms with E-state index in [1.54, 1.807) is 0 Å². The summed E-state index contributed by atoms with van der Waals surface area (Å²) in [5.74, 6) is 0.152. The van der Waals surface area contributed by atoms with Gasteiger partial charge in [-0.1, -0.05) is 30.0 Å². The first-order valence-corrected chi connectivity index (χ1v) is 7.11. The SMILES string of the molecule is CCn1c(COc2ccccc2)nnc1SCC(=O)[O-]. The van der Waals surface area contributed by atoms with E-state index >= 15 is 0 Å². The Kier molecular flexibility index (Phi) is 5.00. The van der Waals surface area contributed by atoms with Crippen molar-refractivity contribution in [3.8, 4) is 5.75 Å². The predicted molar refractivity (Wildman–Crippen MR) is 72.2 cm³/mol. The van der Waals surface area contributed by atoms with Crippen LogP contribution in [0, 0.1) is 0 Å². The molecule has 6 nitrogen and oxygen atoms in total. The molecule has 0 saturated carbocycles. The minimum atomic E-state index is -1.12. The number of aliphatic carboxylic acids is 1. The highest BCUT2D eigenvalue weighted by Crippen LogP contribution is 2.18. The average molecular weight is 292 g/mol. The molecule has 1 heterocycles. The second-order valence-corrected chi connectivity index (χ2v) is 4.85. The molecule has 0 amide bonds. The summed E-state index contributed by atoms with van der Waals surface area (Å²) in [4.78, 5) is 10.5. The van der Waals surface area contributed by atoms with Crippen LogP contribution in [0.5, 0.6) is 5.75 Å². The third kappa shape index (κ3) is 3.74. The van der Waals surface area contributed by atoms with Gasteiger partial charge in [-0.15, -0.1) is 10.2 Å². The van der Waals surface area contributed by atoms with E-state index in [1.165, 1.54) is 0 Å². The summed E-state index contributed by atoms with van der Waals surface area (Å²) in [5.41, 5.74) is 0. The Morgan fingerprint density at radius 3 is 2.75 bits per heavy atom. The standard InChI is InChI=1S/C13H15N3O3S/c1-2-16-11(8-19-10-6-4-3-5-7-10)14-15-13(16)20-9-12(17)18/h3-7H,2,8-9H2,1H3,(H,17,18)/p-1. The Balaban J connectivity index is 2.02. The van der Waals surface area contributed by atoms with Gasteiger partial charge in [-0.05, 0) is 19.1 Å². The molecule has 0 fully saturated rings. The first kappa shape index (κ1) is 14.4. The molecule has 106 valence electrons. The van der Waals surface area contributed by atoms with Crippen LogP contribution in [-0.2, 0) is 17.9 Å². The van der Waals surface area contributed by atoms with Crippen molar-refractivity contribution in [1.82, 2.24) is 14.8 Å². The summed E-state index contributed by atoms with van der Waals surface area (Å²) in [6, 6.07) is 9.41. The molecule has 1 aromatic heterocycles. The number of hydrogen-bond acceptors (Lipinski definition) is 6. The molecule has 0 aliphatic rings. The van der Waals surface area contributed by atoms with Crippen molar-refractivity contribution >= 4 is 17.7 Å². The summed E-state index contributed by atoms with van der Waals surface area (Å²) in [6.45, 7) is 2.88. The average Bonchev–Trinajstić information content (AvgIpc) is 2.86. The first-order chi connectivity index (χ1) is 9.70. The van der Waals surface area contributed by atoms with Crippen LogP contribution in [0.3, 0.4) is 0 Å². The van der Waals surface area contributed by atoms with Crippen molar-refractivity contribution in [1.29, 1.82) is 0 Å². The molecule has 2 aromatic rings. The third-order valence-electron chi connectivity index (χ3n) is 2.54. The number of carbonyl (C=O) groups excluding carboxylic acids is 1. The number of carboxylic acids is 1. The van der Waals surface area contributed by atoms with E-state index in [0.717, 1.165) is 17.5 Å². The fourth-order valence-electron chi connectivity index (χ4n) is 1.64. The zero-order valence-electron chi connectivity index (χ0n) is 11.0. The smallest absolute Gasteiger partial charge is 0.191 e. The molecule has 1 aromatic carbocycles. The van der Waals surface area contributed by atoms with E-state index in [2.05, 4.69) is 10.2 Å². The minimum absolute atomic E-state index is 0.141. The van der Waals surface area contributed by atoms with E-state index in [1.807, 2.05) is 41.8 Å². The molecule has 2 rings (SSSR count). The van der Waals surface area contributed by atoms with Crippen molar-refractivity contribution in [3.05, 3.63) is 36.2 Å². The number of nitrogens with zero attached hydrogens (tertiary/aromatic N) is 3. The number of aromatic nitrogens is 3. The normalized spacial score (nSPS) is 10.4. The number of carboxylic acid groups (broad SMARTS) is 1. The lowest BCUT2D eigenvalue weighted by Crippen LogP contribution is -2.24. The van der Waals surface area contributed by atoms with Gasteiger partial charge in [0, 0.05) is 12.3 Å². The van der Waals surface area contributed by atoms with E-state index in [-0.39, 0.29) is 12.4 Å². The summed E-state index contributed by atoms with van der Waals surface area (Å²) >= 11 is 1.09. The van der Waals surface area contributed by atoms with Crippen LogP contribution in [0.25, 0.3) is 0 Å². The Labute approximate surface area is 120 Å². The van der Waals surface area contributed by atoms with Gasteiger partial charge >= 0.3 is 0 Å². The number of hydrogen-bond donors (Lipinski definition) is 0. The van der Waals surface area contributed by atoms with Crippen LogP contribution in [0.15, 0.2) is 35.5 Å². The van der Waals surface area contributed by atoms with Crippen LogP contribution < -0.4 is 9.84 Å². The second-order valence-electron chi connectivity index (χ2n) is 3.91. The molecule has 7 heteroatoms. The van der Waals surface area contributed by atoms with Crippen LogP contribution in [0.2, 0.25) is 0 Å². The Hall–Kier alpha value is -2.02. The van der Waals surface area contributed by atoms with Gasteiger partial charge in [-0.25, -0.2) is 0 Å². The highest BCUT2D eigenvalue weighted by Gasteiger charge is 2.11. The van der Waals surface area contributed by atoms with Gasteiger partial charge < -0.3 is 19.2 Å². The fraction of sp³-hybridized carbons (Fsp3) is 0.308. The fourth-order valence-corrected chi connectivity index (χ4v) is 2.37. The summed E-state index contributed by atoms with van der Waals surface area (Å²) < 4.78 is 7.44. The van der Waals surface area contributed by atoms with Gasteiger partial charge in [0.05, 0.1) is 5.97 Å². The van der Waals surface area contributed by atoms with E-state index in [4.69, 9.17) is 4.74 Å². The predicted octanol–water partition coefficient (Wildman–Crippen LogP) is 0.719. The molecule has 0 spiro atoms. The van der Waals surface area contributed by atoms with Crippen LogP contribution in [0.4, 0.5) is 0 Å². The van der Waals surface area contributed by atoms with Gasteiger partial charge in [-0.3, -0.25) is 0 Å². The largest absolute Gasteiger partial charge is 0.549 e. The van der Waals surface area contributed by atoms with Gasteiger partial charge in [0.25, 0.3) is 0 Å². The monoisotopic (exact) mass is 292 g/mol. The van der Waals surface area contributed by atoms with E-state index in [9.17, 15) is 9.90 Å². The maximum absolute atomic E-state index is 10.5. The molecule has 0 unspecified atom stereocenters. The molecule has 20 heavy (non-hydrogen) atoms. The Morgan fingerprint density at radius 1 is 1.35 bits per heavy atom. The number of para-hydroxylation sites is 1. The first-order valence-electron chi connectivity index (χ1n) is 6.13. The number of thioether (sulfide) groups is 1. The minimum Gasteiger partial charge on any atom is -0.549 e. The zero-order valence-corrected chi connectivity index (χ0v) is 11.8. The van der Waals surface area contributed by atoms with Gasteiger partial charge in [0.1, 0.15) is 12.4 Å². The molecule has 0 aliphatic heterocycles. The van der Waals surface area contributed by atoms with Gasteiger partial charge in [0.2, 0.25) is 0 Å². The Morgan fingerprint density at radius 2 is 2.10 bits per heavy atom. The number of carbonyl (C=O) groups is 1. The summed E-state index contributed by atoms with van der Waals surface area (Å²) in [5, 5.41) is 19.0. The molecule has 0 saturated heterocycles. The van der Waals surface area contributed by atoms with E-state index in [0.29, 0.717) is 17.5 Å². The van der Waals surface area contributed by atoms with Gasteiger partial charge in [0.15, 0.2) is 11.0 Å². The lowest BCUT2D eigenvalue weighted by atomic mass is 10.3. The molecule has 0 atom stereocenters. The van der Waals surface area contributed by atoms with Crippen molar-refractivity contribution in [3.63, 3.8) is 0 Å². The quantitative estimate of drug-likeness (QED) is 0.700. The van der Waals surface area contributed by atoms with Crippen LogP contribution in [-0.4, -0.2) is 26.5 Å². The summed E-state index contributed by atoms with van der Waals surface area (Å²) in [7, 11) is 0. The molecule has 0 bridgehead atoms. The molecule has 0 radical (unpaired) electrons. The Bertz CT molecular complexity index is 571. The topological polar surface area (TPSA) is 80.1 Å². The number of benzene rings is 1. The maximum atomic E-state index is 10.5. The zero-order chi connectivity index (χ0) is 14.4. The van der Waals surface area contributed by atoms with Crippen molar-refractivity contribution < 1.29 is 14.6 Å². The van der Waals surface area contributed by atoms with Crippen molar-refractivity contribution in [2.75, 3.05) is 5.75 Å². The van der Waals surface area contributed by atoms with Crippen molar-refractivity contribution in [2.45, 2.75) is 25.2 Å². The number of ether oxygens (including phenoxy) is 1. The molecular weight excluding hydrogens is 278 g/mol. The lowest BCUT2D eigenvalue weighted by molar-refractivity contribution is -0.301. The maximum Gasteiger partial charge on any atom is 0.191 e. The highest BCUT2D eigenvalue weighted by atomic mass is 32.2. The molecule has 0 aliphatic carbocycles. The van der Waals surface area contributed by atoms with E-state index < -0.39 is 5.97 Å². The van der Waals surface area contributed by atoms with Gasteiger partial charge in [-0.2, -0.15) is 0 Å². The highest BCUT2D eigenvalue weighted by molar-refractivity contribution is 7.99. The molecule has 0 N–H and O–H groups in total. The van der Waals surface area contributed by atoms with Crippen LogP contribution in [0.1, 0.15) is 12.7 Å². The lowest BCUT2D eigenvalue weighted by Gasteiger charge is -2.08. The second kappa shape index (κ2) is 6.95. The van der Waals surface area contributed by atoms with Crippen molar-refractivity contribution in [2.24, 2.45) is 0 Å².